The summed E-state index contributed by atoms with van der Waals surface area (Å²) >= 11 is 0. The SMILES string of the molecule is Cn1c(NC(=O)C2=CN(C(=O)c3ccc(F)cc3)CCc3c2[nH]c2ccccc32)nc2ccccc21. The minimum absolute atomic E-state index is 0.308. The summed E-state index contributed by atoms with van der Waals surface area (Å²) in [5, 5.41) is 3.93. The van der Waals surface area contributed by atoms with Crippen LogP contribution in [0, 0.1) is 5.82 Å². The first-order valence-electron chi connectivity index (χ1n) is 11.6. The molecule has 178 valence electrons. The van der Waals surface area contributed by atoms with Gasteiger partial charge in [0.1, 0.15) is 5.82 Å². The monoisotopic (exact) mass is 479 g/mol. The van der Waals surface area contributed by atoms with Crippen LogP contribution >= 0.6 is 0 Å². The van der Waals surface area contributed by atoms with E-state index >= 15 is 0 Å². The van der Waals surface area contributed by atoms with E-state index in [1.165, 1.54) is 29.2 Å². The van der Waals surface area contributed by atoms with E-state index in [4.69, 9.17) is 0 Å². The van der Waals surface area contributed by atoms with Crippen LogP contribution in [-0.2, 0) is 18.3 Å². The van der Waals surface area contributed by atoms with Crippen molar-refractivity contribution in [1.82, 2.24) is 19.4 Å². The molecule has 8 heteroatoms. The second kappa shape index (κ2) is 8.49. The van der Waals surface area contributed by atoms with E-state index in [1.807, 2.05) is 60.1 Å². The Hall–Kier alpha value is -4.72. The summed E-state index contributed by atoms with van der Waals surface area (Å²) in [6.07, 6.45) is 2.12. The molecule has 0 saturated carbocycles. The van der Waals surface area contributed by atoms with Crippen LogP contribution in [0.4, 0.5) is 10.3 Å². The molecule has 5 aromatic rings. The predicted molar refractivity (Wildman–Crippen MR) is 137 cm³/mol. The van der Waals surface area contributed by atoms with Gasteiger partial charge in [0.25, 0.3) is 11.8 Å². The van der Waals surface area contributed by atoms with Crippen LogP contribution in [0.3, 0.4) is 0 Å². The summed E-state index contributed by atoms with van der Waals surface area (Å²) in [5.41, 5.74) is 4.88. The number of nitrogens with one attached hydrogen (secondary N) is 2. The number of H-pyrrole nitrogens is 1. The lowest BCUT2D eigenvalue weighted by molar-refractivity contribution is -0.111. The molecule has 0 spiro atoms. The molecule has 1 aliphatic rings. The van der Waals surface area contributed by atoms with Crippen LogP contribution in [0.1, 0.15) is 21.6 Å². The van der Waals surface area contributed by atoms with Crippen LogP contribution in [0.25, 0.3) is 27.5 Å². The standard InChI is InChI=1S/C28H22FN5O2/c1-33-24-9-5-4-8-23(24)31-28(33)32-26(35)21-16-34(27(36)17-10-12-18(29)13-11-17)15-14-20-19-6-2-3-7-22(19)30-25(20)21/h2-13,16,30H,14-15H2,1H3,(H,31,32,35). The number of carbonyl (C=O) groups is 2. The average molecular weight is 480 g/mol. The largest absolute Gasteiger partial charge is 0.354 e. The Labute approximate surface area is 205 Å². The lowest BCUT2D eigenvalue weighted by Crippen LogP contribution is -2.28. The first kappa shape index (κ1) is 21.8. The molecular formula is C28H22FN5O2. The highest BCUT2D eigenvalue weighted by atomic mass is 19.1. The second-order valence-corrected chi connectivity index (χ2v) is 8.76. The summed E-state index contributed by atoms with van der Waals surface area (Å²) in [6.45, 7) is 0.369. The molecule has 0 atom stereocenters. The number of hydrogen-bond donors (Lipinski definition) is 2. The minimum atomic E-state index is -0.415. The van der Waals surface area contributed by atoms with Crippen molar-refractivity contribution in [3.63, 3.8) is 0 Å². The smallest absolute Gasteiger partial charge is 0.261 e. The van der Waals surface area contributed by atoms with Crippen LogP contribution < -0.4 is 5.32 Å². The molecule has 2 aromatic heterocycles. The summed E-state index contributed by atoms with van der Waals surface area (Å²) in [6, 6.07) is 20.9. The lowest BCUT2D eigenvalue weighted by atomic mass is 10.0. The van der Waals surface area contributed by atoms with E-state index in [-0.39, 0.29) is 11.8 Å². The summed E-state index contributed by atoms with van der Waals surface area (Å²) < 4.78 is 15.2. The molecule has 7 nitrogen and oxygen atoms in total. The molecule has 36 heavy (non-hydrogen) atoms. The van der Waals surface area contributed by atoms with Gasteiger partial charge in [0.2, 0.25) is 5.95 Å². The number of carbonyl (C=O) groups excluding carboxylic acids is 2. The van der Waals surface area contributed by atoms with Crippen molar-refractivity contribution in [2.24, 2.45) is 7.05 Å². The van der Waals surface area contributed by atoms with Gasteiger partial charge in [-0.05, 0) is 54.4 Å². The van der Waals surface area contributed by atoms with E-state index in [9.17, 15) is 14.0 Å². The molecule has 3 heterocycles. The van der Waals surface area contributed by atoms with Crippen molar-refractivity contribution < 1.29 is 14.0 Å². The van der Waals surface area contributed by atoms with Crippen molar-refractivity contribution >= 4 is 45.3 Å². The third kappa shape index (κ3) is 3.63. The lowest BCUT2D eigenvalue weighted by Gasteiger charge is -2.18. The van der Waals surface area contributed by atoms with Gasteiger partial charge in [0, 0.05) is 36.3 Å². The number of aromatic nitrogens is 3. The van der Waals surface area contributed by atoms with Gasteiger partial charge in [0.15, 0.2) is 0 Å². The summed E-state index contributed by atoms with van der Waals surface area (Å²) in [4.78, 5) is 36.4. The number of amides is 2. The molecule has 6 rings (SSSR count). The number of nitrogens with zero attached hydrogens (tertiary/aromatic N) is 3. The average Bonchev–Trinajstić information content (AvgIpc) is 3.34. The molecule has 0 saturated heterocycles. The Morgan fingerprint density at radius 2 is 1.75 bits per heavy atom. The van der Waals surface area contributed by atoms with Crippen molar-refractivity contribution in [3.8, 4) is 0 Å². The predicted octanol–water partition coefficient (Wildman–Crippen LogP) is 4.87. The highest BCUT2D eigenvalue weighted by molar-refractivity contribution is 6.26. The minimum Gasteiger partial charge on any atom is -0.354 e. The molecule has 0 fully saturated rings. The zero-order valence-corrected chi connectivity index (χ0v) is 19.5. The molecule has 0 aliphatic carbocycles. The number of para-hydroxylation sites is 3. The topological polar surface area (TPSA) is 83.0 Å². The Morgan fingerprint density at radius 3 is 2.56 bits per heavy atom. The fraction of sp³-hybridized carbons (Fsp3) is 0.107. The van der Waals surface area contributed by atoms with Crippen LogP contribution in [0.2, 0.25) is 0 Å². The maximum absolute atomic E-state index is 13.7. The fourth-order valence-electron chi connectivity index (χ4n) is 4.72. The van der Waals surface area contributed by atoms with Gasteiger partial charge in [-0.2, -0.15) is 0 Å². The van der Waals surface area contributed by atoms with E-state index in [2.05, 4.69) is 15.3 Å². The normalized spacial score (nSPS) is 13.4. The number of fused-ring (bicyclic) bond motifs is 4. The van der Waals surface area contributed by atoms with Crippen molar-refractivity contribution in [2.45, 2.75) is 6.42 Å². The van der Waals surface area contributed by atoms with Gasteiger partial charge in [-0.3, -0.25) is 14.9 Å². The molecule has 1 aliphatic heterocycles. The van der Waals surface area contributed by atoms with Crippen LogP contribution in [-0.4, -0.2) is 37.8 Å². The summed E-state index contributed by atoms with van der Waals surface area (Å²) in [7, 11) is 1.84. The Kier molecular flexibility index (Phi) is 5.14. The van der Waals surface area contributed by atoms with Gasteiger partial charge in [-0.25, -0.2) is 9.37 Å². The van der Waals surface area contributed by atoms with Gasteiger partial charge < -0.3 is 14.5 Å². The number of rotatable bonds is 3. The number of hydrogen-bond acceptors (Lipinski definition) is 3. The number of imidazole rings is 1. The first-order chi connectivity index (χ1) is 17.5. The van der Waals surface area contributed by atoms with Crippen LogP contribution in [0.5, 0.6) is 0 Å². The fourth-order valence-corrected chi connectivity index (χ4v) is 4.72. The maximum Gasteiger partial charge on any atom is 0.261 e. The molecule has 2 N–H and O–H groups in total. The van der Waals surface area contributed by atoms with E-state index in [1.54, 1.807) is 6.20 Å². The van der Waals surface area contributed by atoms with Gasteiger partial charge in [-0.15, -0.1) is 0 Å². The molecule has 0 bridgehead atoms. The van der Waals surface area contributed by atoms with Crippen molar-refractivity contribution in [3.05, 3.63) is 102 Å². The molecule has 2 amide bonds. The van der Waals surface area contributed by atoms with Crippen molar-refractivity contribution in [1.29, 1.82) is 0 Å². The number of aromatic amines is 1. The number of benzene rings is 3. The molecular weight excluding hydrogens is 457 g/mol. The Morgan fingerprint density at radius 1 is 1.00 bits per heavy atom. The van der Waals surface area contributed by atoms with Crippen molar-refractivity contribution in [2.75, 3.05) is 11.9 Å². The zero-order chi connectivity index (χ0) is 24.8. The quantitative estimate of drug-likeness (QED) is 0.387. The Balaban J connectivity index is 1.43. The molecule has 0 radical (unpaired) electrons. The first-order valence-corrected chi connectivity index (χ1v) is 11.6. The third-order valence-corrected chi connectivity index (χ3v) is 6.58. The van der Waals surface area contributed by atoms with E-state index < -0.39 is 5.82 Å². The molecule has 0 unspecified atom stereocenters. The number of anilines is 1. The zero-order valence-electron chi connectivity index (χ0n) is 19.5. The second-order valence-electron chi connectivity index (χ2n) is 8.76. The summed E-state index contributed by atoms with van der Waals surface area (Å²) in [5.74, 6) is -0.708. The maximum atomic E-state index is 13.7. The number of aryl methyl sites for hydroxylation is 1. The molecule has 3 aromatic carbocycles. The Bertz CT molecular complexity index is 1680. The van der Waals surface area contributed by atoms with E-state index in [0.717, 1.165) is 27.5 Å². The van der Waals surface area contributed by atoms with E-state index in [0.29, 0.717) is 35.7 Å². The third-order valence-electron chi connectivity index (χ3n) is 6.58. The highest BCUT2D eigenvalue weighted by Crippen LogP contribution is 2.32. The van der Waals surface area contributed by atoms with Gasteiger partial charge in [0.05, 0.1) is 22.3 Å². The van der Waals surface area contributed by atoms with Gasteiger partial charge >= 0.3 is 0 Å². The highest BCUT2D eigenvalue weighted by Gasteiger charge is 2.27. The van der Waals surface area contributed by atoms with Crippen LogP contribution in [0.15, 0.2) is 79.0 Å². The van der Waals surface area contributed by atoms with Gasteiger partial charge in [-0.1, -0.05) is 30.3 Å². The number of halogens is 1.